The van der Waals surface area contributed by atoms with Crippen molar-refractivity contribution >= 4 is 44.4 Å². The zero-order chi connectivity index (χ0) is 12.0. The highest BCUT2D eigenvalue weighted by Crippen LogP contribution is 2.20. The summed E-state index contributed by atoms with van der Waals surface area (Å²) in [6.07, 6.45) is 2.02. The van der Waals surface area contributed by atoms with Crippen LogP contribution in [0.3, 0.4) is 0 Å². The van der Waals surface area contributed by atoms with Gasteiger partial charge in [0.05, 0.1) is 10.0 Å². The van der Waals surface area contributed by atoms with E-state index in [1.807, 2.05) is 0 Å². The van der Waals surface area contributed by atoms with Crippen LogP contribution in [0.5, 0.6) is 0 Å². The molecule has 0 aliphatic heterocycles. The maximum Gasteiger partial charge on any atom is 0.252 e. The van der Waals surface area contributed by atoms with Crippen LogP contribution in [0.4, 0.5) is 4.39 Å². The van der Waals surface area contributed by atoms with E-state index in [1.54, 1.807) is 6.07 Å². The second-order valence-corrected chi connectivity index (χ2v) is 5.13. The van der Waals surface area contributed by atoms with Crippen LogP contribution in [0.15, 0.2) is 22.7 Å². The van der Waals surface area contributed by atoms with E-state index in [1.165, 1.54) is 12.1 Å². The van der Waals surface area contributed by atoms with Gasteiger partial charge in [0.25, 0.3) is 5.91 Å². The van der Waals surface area contributed by atoms with Gasteiger partial charge in [-0.2, -0.15) is 0 Å². The molecule has 5 heteroatoms. The molecule has 0 spiro atoms. The molecule has 1 aromatic carbocycles. The molecule has 0 fully saturated rings. The lowest BCUT2D eigenvalue weighted by molar-refractivity contribution is 0.0952. The Balaban J connectivity index is 2.56. The van der Waals surface area contributed by atoms with Gasteiger partial charge in [0.15, 0.2) is 0 Å². The van der Waals surface area contributed by atoms with Crippen molar-refractivity contribution < 1.29 is 9.18 Å². The first kappa shape index (κ1) is 13.9. The highest BCUT2D eigenvalue weighted by molar-refractivity contribution is 14.1. The minimum absolute atomic E-state index is 0.224. The number of hydrogen-bond acceptors (Lipinski definition) is 1. The lowest BCUT2D eigenvalue weighted by Crippen LogP contribution is -2.25. The van der Waals surface area contributed by atoms with Crippen LogP contribution in [0, 0.1) is 5.82 Å². The summed E-state index contributed by atoms with van der Waals surface area (Å²) < 4.78 is 14.5. The molecule has 0 aliphatic carbocycles. The SMILES string of the molecule is O=C(NCCCCI)c1cccc(F)c1Br. The summed E-state index contributed by atoms with van der Waals surface area (Å²) in [5, 5.41) is 2.76. The summed E-state index contributed by atoms with van der Waals surface area (Å²) in [6, 6.07) is 4.44. The second-order valence-electron chi connectivity index (χ2n) is 3.25. The summed E-state index contributed by atoms with van der Waals surface area (Å²) in [7, 11) is 0. The molecule has 0 atom stereocenters. The fourth-order valence-electron chi connectivity index (χ4n) is 1.20. The van der Waals surface area contributed by atoms with Crippen molar-refractivity contribution in [1.82, 2.24) is 5.32 Å². The number of hydrogen-bond donors (Lipinski definition) is 1. The van der Waals surface area contributed by atoms with E-state index in [9.17, 15) is 9.18 Å². The Kier molecular flexibility index (Phi) is 6.26. The molecule has 1 aromatic rings. The number of carbonyl (C=O) groups is 1. The van der Waals surface area contributed by atoms with Crippen molar-refractivity contribution in [2.75, 3.05) is 11.0 Å². The third-order valence-corrected chi connectivity index (χ3v) is 3.61. The zero-order valence-corrected chi connectivity index (χ0v) is 12.3. The van der Waals surface area contributed by atoms with Crippen LogP contribution in [0.1, 0.15) is 23.2 Å². The number of benzene rings is 1. The van der Waals surface area contributed by atoms with Crippen molar-refractivity contribution in [3.8, 4) is 0 Å². The number of halogens is 3. The normalized spacial score (nSPS) is 10.2. The average molecular weight is 400 g/mol. The molecule has 0 aromatic heterocycles. The molecule has 0 radical (unpaired) electrons. The fraction of sp³-hybridized carbons (Fsp3) is 0.364. The van der Waals surface area contributed by atoms with Crippen molar-refractivity contribution in [3.05, 3.63) is 34.1 Å². The molecule has 0 bridgehead atoms. The molecular weight excluding hydrogens is 388 g/mol. The van der Waals surface area contributed by atoms with Gasteiger partial charge in [-0.15, -0.1) is 0 Å². The van der Waals surface area contributed by atoms with E-state index >= 15 is 0 Å². The Morgan fingerprint density at radius 2 is 2.19 bits per heavy atom. The highest BCUT2D eigenvalue weighted by atomic mass is 127. The van der Waals surface area contributed by atoms with Gasteiger partial charge in [-0.25, -0.2) is 4.39 Å². The van der Waals surface area contributed by atoms with E-state index in [-0.39, 0.29) is 10.4 Å². The van der Waals surface area contributed by atoms with E-state index < -0.39 is 5.82 Å². The van der Waals surface area contributed by atoms with Crippen LogP contribution < -0.4 is 5.32 Å². The lowest BCUT2D eigenvalue weighted by atomic mass is 10.2. The van der Waals surface area contributed by atoms with Gasteiger partial charge in [0.2, 0.25) is 0 Å². The summed E-state index contributed by atoms with van der Waals surface area (Å²) in [5.41, 5.74) is 0.342. The molecule has 1 amide bonds. The topological polar surface area (TPSA) is 29.1 Å². The van der Waals surface area contributed by atoms with Gasteiger partial charge in [-0.05, 0) is 45.3 Å². The second kappa shape index (κ2) is 7.21. The van der Waals surface area contributed by atoms with Crippen molar-refractivity contribution in [3.63, 3.8) is 0 Å². The van der Waals surface area contributed by atoms with Crippen LogP contribution in [0.2, 0.25) is 0 Å². The van der Waals surface area contributed by atoms with Gasteiger partial charge in [-0.3, -0.25) is 4.79 Å². The molecule has 0 unspecified atom stereocenters. The maximum atomic E-state index is 13.2. The third kappa shape index (κ3) is 4.01. The van der Waals surface area contributed by atoms with Crippen LogP contribution in [-0.2, 0) is 0 Å². The molecule has 1 N–H and O–H groups in total. The molecule has 16 heavy (non-hydrogen) atoms. The van der Waals surface area contributed by atoms with Crippen molar-refractivity contribution in [2.45, 2.75) is 12.8 Å². The summed E-state index contributed by atoms with van der Waals surface area (Å²) in [4.78, 5) is 11.7. The van der Waals surface area contributed by atoms with Gasteiger partial charge in [0, 0.05) is 6.54 Å². The summed E-state index contributed by atoms with van der Waals surface area (Å²) in [6.45, 7) is 0.630. The summed E-state index contributed by atoms with van der Waals surface area (Å²) >= 11 is 5.36. The van der Waals surface area contributed by atoms with E-state index in [0.29, 0.717) is 12.1 Å². The average Bonchev–Trinajstić information content (AvgIpc) is 2.28. The quantitative estimate of drug-likeness (QED) is 0.458. The monoisotopic (exact) mass is 399 g/mol. The first-order chi connectivity index (χ1) is 7.66. The molecule has 0 saturated carbocycles. The van der Waals surface area contributed by atoms with Crippen molar-refractivity contribution in [1.29, 1.82) is 0 Å². The molecule has 0 aliphatic rings. The Labute approximate surface area is 116 Å². The molecule has 0 heterocycles. The minimum Gasteiger partial charge on any atom is -0.352 e. The molecule has 2 nitrogen and oxygen atoms in total. The Hall–Kier alpha value is -0.170. The fourth-order valence-corrected chi connectivity index (χ4v) is 2.18. The Morgan fingerprint density at radius 3 is 2.88 bits per heavy atom. The lowest BCUT2D eigenvalue weighted by Gasteiger charge is -2.06. The smallest absolute Gasteiger partial charge is 0.252 e. The van der Waals surface area contributed by atoms with Gasteiger partial charge in [0.1, 0.15) is 5.82 Å². The van der Waals surface area contributed by atoms with Crippen LogP contribution in [0.25, 0.3) is 0 Å². The highest BCUT2D eigenvalue weighted by Gasteiger charge is 2.11. The maximum absolute atomic E-state index is 13.2. The Morgan fingerprint density at radius 1 is 1.44 bits per heavy atom. The standard InChI is InChI=1S/C11H12BrFINO/c12-10-8(4-3-5-9(10)13)11(16)15-7-2-1-6-14/h3-5H,1-2,6-7H2,(H,15,16). The van der Waals surface area contributed by atoms with Gasteiger partial charge in [-0.1, -0.05) is 28.7 Å². The number of amides is 1. The third-order valence-electron chi connectivity index (χ3n) is 2.04. The minimum atomic E-state index is -0.417. The van der Waals surface area contributed by atoms with Crippen LogP contribution in [-0.4, -0.2) is 16.9 Å². The summed E-state index contributed by atoms with van der Waals surface area (Å²) in [5.74, 6) is -0.653. The Bertz CT molecular complexity index is 373. The molecule has 0 saturated heterocycles. The first-order valence-electron chi connectivity index (χ1n) is 4.95. The van der Waals surface area contributed by atoms with E-state index in [2.05, 4.69) is 43.8 Å². The van der Waals surface area contributed by atoms with E-state index in [4.69, 9.17) is 0 Å². The molecular formula is C11H12BrFINO. The van der Waals surface area contributed by atoms with Crippen LogP contribution >= 0.6 is 38.5 Å². The molecule has 1 rings (SSSR count). The molecule has 88 valence electrons. The number of unbranched alkanes of at least 4 members (excludes halogenated alkanes) is 1. The van der Waals surface area contributed by atoms with Crippen molar-refractivity contribution in [2.24, 2.45) is 0 Å². The predicted molar refractivity (Wildman–Crippen MR) is 74.6 cm³/mol. The number of alkyl halides is 1. The predicted octanol–water partition coefficient (Wildman–Crippen LogP) is 3.53. The number of nitrogens with one attached hydrogen (secondary N) is 1. The van der Waals surface area contributed by atoms with Gasteiger partial charge < -0.3 is 5.32 Å². The largest absolute Gasteiger partial charge is 0.352 e. The number of rotatable bonds is 5. The zero-order valence-electron chi connectivity index (χ0n) is 8.60. The van der Waals surface area contributed by atoms with Gasteiger partial charge >= 0.3 is 0 Å². The number of carbonyl (C=O) groups excluding carboxylic acids is 1. The first-order valence-corrected chi connectivity index (χ1v) is 7.27. The van der Waals surface area contributed by atoms with E-state index in [0.717, 1.165) is 17.3 Å².